The van der Waals surface area contributed by atoms with Crippen LogP contribution in [-0.4, -0.2) is 5.16 Å². The molecule has 1 aromatic heterocycles. The molecule has 100 valence electrons. The van der Waals surface area contributed by atoms with Crippen molar-refractivity contribution in [3.8, 4) is 11.1 Å². The maximum atomic E-state index is 5.98. The number of anilines is 1. The molecule has 2 N–H and O–H groups in total. The number of benzene rings is 1. The van der Waals surface area contributed by atoms with Crippen LogP contribution >= 0.6 is 15.9 Å². The standard InChI is InChI=1S/C15H17BrN2O/c1-9-3-2-4-12(9)14-13(15(17)19-18-14)10-5-7-11(16)8-6-10/h5-9,12H,2-4,17H2,1H3. The van der Waals surface area contributed by atoms with Gasteiger partial charge in [0, 0.05) is 10.4 Å². The number of nitrogens with two attached hydrogens (primary N) is 1. The molecular formula is C15H17BrN2O. The first-order valence-electron chi connectivity index (χ1n) is 6.68. The summed E-state index contributed by atoms with van der Waals surface area (Å²) in [4.78, 5) is 0. The van der Waals surface area contributed by atoms with Gasteiger partial charge in [0.15, 0.2) is 0 Å². The van der Waals surface area contributed by atoms with E-state index in [9.17, 15) is 0 Å². The quantitative estimate of drug-likeness (QED) is 0.880. The fraction of sp³-hybridized carbons (Fsp3) is 0.400. The van der Waals surface area contributed by atoms with Gasteiger partial charge in [0.1, 0.15) is 0 Å². The van der Waals surface area contributed by atoms with Crippen molar-refractivity contribution in [1.82, 2.24) is 5.16 Å². The van der Waals surface area contributed by atoms with E-state index in [1.54, 1.807) is 0 Å². The largest absolute Gasteiger partial charge is 0.367 e. The summed E-state index contributed by atoms with van der Waals surface area (Å²) in [5.41, 5.74) is 9.07. The second kappa shape index (κ2) is 5.00. The molecule has 0 saturated heterocycles. The third kappa shape index (κ3) is 2.29. The van der Waals surface area contributed by atoms with Gasteiger partial charge in [0.25, 0.3) is 0 Å². The molecule has 1 aromatic carbocycles. The molecule has 3 rings (SSSR count). The lowest BCUT2D eigenvalue weighted by molar-refractivity contribution is 0.407. The van der Waals surface area contributed by atoms with Crippen LogP contribution in [0, 0.1) is 5.92 Å². The summed E-state index contributed by atoms with van der Waals surface area (Å²) in [5.74, 6) is 1.55. The maximum absolute atomic E-state index is 5.98. The normalized spacial score (nSPS) is 22.8. The Morgan fingerprint density at radius 3 is 2.63 bits per heavy atom. The van der Waals surface area contributed by atoms with Crippen LogP contribution in [0.1, 0.15) is 37.8 Å². The highest BCUT2D eigenvalue weighted by Crippen LogP contribution is 2.44. The van der Waals surface area contributed by atoms with Gasteiger partial charge in [-0.3, -0.25) is 0 Å². The van der Waals surface area contributed by atoms with Crippen LogP contribution in [0.2, 0.25) is 0 Å². The minimum Gasteiger partial charge on any atom is -0.367 e. The Balaban J connectivity index is 2.05. The summed E-state index contributed by atoms with van der Waals surface area (Å²) >= 11 is 3.45. The first-order chi connectivity index (χ1) is 9.16. The highest BCUT2D eigenvalue weighted by molar-refractivity contribution is 9.10. The molecule has 4 heteroatoms. The van der Waals surface area contributed by atoms with Gasteiger partial charge in [-0.15, -0.1) is 0 Å². The van der Waals surface area contributed by atoms with E-state index < -0.39 is 0 Å². The van der Waals surface area contributed by atoms with E-state index in [2.05, 4.69) is 40.1 Å². The molecule has 2 unspecified atom stereocenters. The number of halogens is 1. The van der Waals surface area contributed by atoms with Gasteiger partial charge in [-0.2, -0.15) is 0 Å². The van der Waals surface area contributed by atoms with Crippen LogP contribution < -0.4 is 5.73 Å². The van der Waals surface area contributed by atoms with Crippen molar-refractivity contribution >= 4 is 21.8 Å². The maximum Gasteiger partial charge on any atom is 0.230 e. The Morgan fingerprint density at radius 1 is 1.26 bits per heavy atom. The van der Waals surface area contributed by atoms with Crippen LogP contribution in [-0.2, 0) is 0 Å². The van der Waals surface area contributed by atoms with Crippen LogP contribution in [0.3, 0.4) is 0 Å². The van der Waals surface area contributed by atoms with E-state index in [0.717, 1.165) is 21.3 Å². The number of aromatic nitrogens is 1. The fourth-order valence-electron chi connectivity index (χ4n) is 3.03. The molecule has 0 radical (unpaired) electrons. The van der Waals surface area contributed by atoms with Gasteiger partial charge < -0.3 is 10.3 Å². The molecule has 2 aromatic rings. The van der Waals surface area contributed by atoms with E-state index in [4.69, 9.17) is 10.3 Å². The van der Waals surface area contributed by atoms with Gasteiger partial charge in [-0.05, 0) is 30.0 Å². The number of rotatable bonds is 2. The average molecular weight is 321 g/mol. The Hall–Kier alpha value is -1.29. The zero-order valence-electron chi connectivity index (χ0n) is 10.9. The molecule has 0 amide bonds. The van der Waals surface area contributed by atoms with Crippen molar-refractivity contribution in [2.24, 2.45) is 5.92 Å². The molecule has 1 heterocycles. The smallest absolute Gasteiger partial charge is 0.230 e. The second-order valence-electron chi connectivity index (χ2n) is 5.33. The number of nitrogens with zero attached hydrogens (tertiary/aromatic N) is 1. The van der Waals surface area contributed by atoms with Crippen LogP contribution in [0.4, 0.5) is 5.88 Å². The van der Waals surface area contributed by atoms with Crippen LogP contribution in [0.5, 0.6) is 0 Å². The average Bonchev–Trinajstić information content (AvgIpc) is 2.97. The van der Waals surface area contributed by atoms with Crippen molar-refractivity contribution in [1.29, 1.82) is 0 Å². The van der Waals surface area contributed by atoms with Crippen molar-refractivity contribution in [2.45, 2.75) is 32.1 Å². The van der Waals surface area contributed by atoms with Crippen molar-refractivity contribution in [3.05, 3.63) is 34.4 Å². The van der Waals surface area contributed by atoms with E-state index >= 15 is 0 Å². The molecule has 2 atom stereocenters. The first kappa shape index (κ1) is 12.7. The summed E-state index contributed by atoms with van der Waals surface area (Å²) in [6.45, 7) is 2.29. The minimum atomic E-state index is 0.427. The van der Waals surface area contributed by atoms with Crippen molar-refractivity contribution < 1.29 is 4.52 Å². The summed E-state index contributed by atoms with van der Waals surface area (Å²) in [6, 6.07) is 8.14. The number of nitrogen functional groups attached to an aromatic ring is 1. The third-order valence-electron chi connectivity index (χ3n) is 4.09. The van der Waals surface area contributed by atoms with Gasteiger partial charge in [-0.25, -0.2) is 0 Å². The predicted molar refractivity (Wildman–Crippen MR) is 79.8 cm³/mol. The van der Waals surface area contributed by atoms with Crippen LogP contribution in [0.25, 0.3) is 11.1 Å². The zero-order chi connectivity index (χ0) is 13.4. The highest BCUT2D eigenvalue weighted by atomic mass is 79.9. The van der Waals surface area contributed by atoms with E-state index in [-0.39, 0.29) is 0 Å². The van der Waals surface area contributed by atoms with Crippen molar-refractivity contribution in [3.63, 3.8) is 0 Å². The summed E-state index contributed by atoms with van der Waals surface area (Å²) in [6.07, 6.45) is 3.70. The molecule has 19 heavy (non-hydrogen) atoms. The molecular weight excluding hydrogens is 304 g/mol. The minimum absolute atomic E-state index is 0.427. The fourth-order valence-corrected chi connectivity index (χ4v) is 3.29. The molecule has 1 aliphatic rings. The molecule has 0 aliphatic heterocycles. The van der Waals surface area contributed by atoms with Gasteiger partial charge in [0.2, 0.25) is 5.88 Å². The Kier molecular flexibility index (Phi) is 3.35. The zero-order valence-corrected chi connectivity index (χ0v) is 12.5. The first-order valence-corrected chi connectivity index (χ1v) is 7.47. The van der Waals surface area contributed by atoms with Gasteiger partial charge >= 0.3 is 0 Å². The Labute approximate surface area is 121 Å². The molecule has 0 bridgehead atoms. The van der Waals surface area contributed by atoms with Gasteiger partial charge in [0.05, 0.1) is 11.3 Å². The summed E-state index contributed by atoms with van der Waals surface area (Å²) < 4.78 is 6.31. The lowest BCUT2D eigenvalue weighted by atomic mass is 9.90. The SMILES string of the molecule is CC1CCCC1c1noc(N)c1-c1ccc(Br)cc1. The molecule has 1 saturated carbocycles. The number of hydrogen-bond donors (Lipinski definition) is 1. The van der Waals surface area contributed by atoms with Crippen molar-refractivity contribution in [2.75, 3.05) is 5.73 Å². The van der Waals surface area contributed by atoms with E-state index in [0.29, 0.717) is 17.7 Å². The second-order valence-corrected chi connectivity index (χ2v) is 6.24. The monoisotopic (exact) mass is 320 g/mol. The van der Waals surface area contributed by atoms with E-state index in [1.165, 1.54) is 19.3 Å². The molecule has 0 spiro atoms. The lowest BCUT2D eigenvalue weighted by Crippen LogP contribution is -2.04. The lowest BCUT2D eigenvalue weighted by Gasteiger charge is -2.14. The summed E-state index contributed by atoms with van der Waals surface area (Å²) in [5, 5.41) is 4.24. The summed E-state index contributed by atoms with van der Waals surface area (Å²) in [7, 11) is 0. The third-order valence-corrected chi connectivity index (χ3v) is 4.62. The molecule has 1 aliphatic carbocycles. The Bertz CT molecular complexity index is 576. The van der Waals surface area contributed by atoms with Gasteiger partial charge in [-0.1, -0.05) is 53.0 Å². The van der Waals surface area contributed by atoms with E-state index in [1.807, 2.05) is 12.1 Å². The topological polar surface area (TPSA) is 52.0 Å². The Morgan fingerprint density at radius 2 is 2.00 bits per heavy atom. The number of hydrogen-bond acceptors (Lipinski definition) is 3. The molecule has 1 fully saturated rings. The highest BCUT2D eigenvalue weighted by Gasteiger charge is 2.31. The molecule has 3 nitrogen and oxygen atoms in total. The van der Waals surface area contributed by atoms with Crippen LogP contribution in [0.15, 0.2) is 33.3 Å². The predicted octanol–water partition coefficient (Wildman–Crippen LogP) is 4.59.